The van der Waals surface area contributed by atoms with Crippen molar-refractivity contribution in [2.75, 3.05) is 6.54 Å². The molecule has 3 nitrogen and oxygen atoms in total. The summed E-state index contributed by atoms with van der Waals surface area (Å²) in [6.45, 7) is 7.21. The van der Waals surface area contributed by atoms with Crippen LogP contribution in [0, 0.1) is 5.92 Å². The summed E-state index contributed by atoms with van der Waals surface area (Å²) in [5.41, 5.74) is 5.74. The standard InChI is InChI=1S/C13H28N2O/c1-4-7-9-11(6-3)10-15-13(16)12(14)8-5-2/h11-12H,4-10,14H2,1-3H3,(H,15,16). The van der Waals surface area contributed by atoms with Gasteiger partial charge in [-0.2, -0.15) is 0 Å². The summed E-state index contributed by atoms with van der Waals surface area (Å²) < 4.78 is 0. The van der Waals surface area contributed by atoms with Gasteiger partial charge in [-0.1, -0.05) is 46.5 Å². The highest BCUT2D eigenvalue weighted by molar-refractivity contribution is 5.81. The summed E-state index contributed by atoms with van der Waals surface area (Å²) in [4.78, 5) is 11.6. The van der Waals surface area contributed by atoms with Crippen LogP contribution in [0.15, 0.2) is 0 Å². The molecule has 0 aromatic carbocycles. The van der Waals surface area contributed by atoms with Crippen LogP contribution in [-0.2, 0) is 4.79 Å². The molecule has 0 aromatic rings. The quantitative estimate of drug-likeness (QED) is 0.637. The highest BCUT2D eigenvalue weighted by atomic mass is 16.2. The van der Waals surface area contributed by atoms with Gasteiger partial charge in [-0.05, 0) is 18.8 Å². The van der Waals surface area contributed by atoms with Crippen molar-refractivity contribution in [3.8, 4) is 0 Å². The van der Waals surface area contributed by atoms with Crippen LogP contribution >= 0.6 is 0 Å². The van der Waals surface area contributed by atoms with Gasteiger partial charge in [-0.25, -0.2) is 0 Å². The van der Waals surface area contributed by atoms with E-state index in [4.69, 9.17) is 5.73 Å². The minimum Gasteiger partial charge on any atom is -0.354 e. The smallest absolute Gasteiger partial charge is 0.236 e. The summed E-state index contributed by atoms with van der Waals surface area (Å²) in [5, 5.41) is 2.96. The molecule has 0 bridgehead atoms. The molecule has 0 aromatic heterocycles. The first-order chi connectivity index (χ1) is 7.65. The zero-order chi connectivity index (χ0) is 12.4. The zero-order valence-electron chi connectivity index (χ0n) is 11.1. The van der Waals surface area contributed by atoms with Gasteiger partial charge in [0, 0.05) is 6.54 Å². The molecule has 2 atom stereocenters. The van der Waals surface area contributed by atoms with Crippen LogP contribution in [0.3, 0.4) is 0 Å². The first-order valence-electron chi connectivity index (χ1n) is 6.68. The van der Waals surface area contributed by atoms with E-state index in [2.05, 4.69) is 19.2 Å². The van der Waals surface area contributed by atoms with Crippen LogP contribution in [0.4, 0.5) is 0 Å². The number of hydrogen-bond acceptors (Lipinski definition) is 2. The Morgan fingerprint density at radius 3 is 2.38 bits per heavy atom. The number of nitrogens with one attached hydrogen (secondary N) is 1. The second-order valence-electron chi connectivity index (χ2n) is 4.56. The van der Waals surface area contributed by atoms with Crippen molar-refractivity contribution in [2.24, 2.45) is 11.7 Å². The van der Waals surface area contributed by atoms with Gasteiger partial charge >= 0.3 is 0 Å². The lowest BCUT2D eigenvalue weighted by atomic mass is 9.99. The van der Waals surface area contributed by atoms with Gasteiger partial charge in [-0.15, -0.1) is 0 Å². The molecule has 0 fully saturated rings. The SMILES string of the molecule is CCCCC(CC)CNC(=O)C(N)CCC. The largest absolute Gasteiger partial charge is 0.354 e. The predicted octanol–water partition coefficient (Wildman–Crippen LogP) is 2.45. The normalized spacial score (nSPS) is 14.5. The average molecular weight is 228 g/mol. The van der Waals surface area contributed by atoms with E-state index in [1.54, 1.807) is 0 Å². The average Bonchev–Trinajstić information content (AvgIpc) is 2.29. The lowest BCUT2D eigenvalue weighted by molar-refractivity contribution is -0.122. The molecular weight excluding hydrogens is 200 g/mol. The third-order valence-corrected chi connectivity index (χ3v) is 3.04. The molecule has 3 N–H and O–H groups in total. The fourth-order valence-electron chi connectivity index (χ4n) is 1.76. The van der Waals surface area contributed by atoms with Crippen molar-refractivity contribution < 1.29 is 4.79 Å². The van der Waals surface area contributed by atoms with E-state index in [1.165, 1.54) is 19.3 Å². The second kappa shape index (κ2) is 9.64. The molecule has 16 heavy (non-hydrogen) atoms. The van der Waals surface area contributed by atoms with E-state index in [0.29, 0.717) is 5.92 Å². The molecule has 0 aliphatic rings. The maximum Gasteiger partial charge on any atom is 0.236 e. The molecule has 1 amide bonds. The van der Waals surface area contributed by atoms with E-state index < -0.39 is 0 Å². The Morgan fingerprint density at radius 1 is 1.19 bits per heavy atom. The van der Waals surface area contributed by atoms with E-state index in [-0.39, 0.29) is 11.9 Å². The Labute approximate surface area is 100 Å². The molecule has 96 valence electrons. The van der Waals surface area contributed by atoms with Crippen molar-refractivity contribution in [1.82, 2.24) is 5.32 Å². The first kappa shape index (κ1) is 15.4. The summed E-state index contributed by atoms with van der Waals surface area (Å²) in [7, 11) is 0. The third-order valence-electron chi connectivity index (χ3n) is 3.04. The van der Waals surface area contributed by atoms with Crippen LogP contribution < -0.4 is 11.1 Å². The summed E-state index contributed by atoms with van der Waals surface area (Å²) in [6, 6.07) is -0.325. The van der Waals surface area contributed by atoms with Gasteiger partial charge in [0.2, 0.25) is 5.91 Å². The maximum absolute atomic E-state index is 11.6. The molecule has 0 rings (SSSR count). The summed E-state index contributed by atoms with van der Waals surface area (Å²) >= 11 is 0. The molecule has 0 heterocycles. The molecule has 0 aliphatic heterocycles. The molecule has 0 spiro atoms. The molecule has 2 unspecified atom stereocenters. The van der Waals surface area contributed by atoms with Gasteiger partial charge in [0.25, 0.3) is 0 Å². The van der Waals surface area contributed by atoms with E-state index in [9.17, 15) is 4.79 Å². The fraction of sp³-hybridized carbons (Fsp3) is 0.923. The van der Waals surface area contributed by atoms with Crippen LogP contribution in [0.1, 0.15) is 59.3 Å². The Hall–Kier alpha value is -0.570. The van der Waals surface area contributed by atoms with Crippen LogP contribution in [0.25, 0.3) is 0 Å². The maximum atomic E-state index is 11.6. The number of unbranched alkanes of at least 4 members (excludes halogenated alkanes) is 1. The summed E-state index contributed by atoms with van der Waals surface area (Å²) in [6.07, 6.45) is 6.54. The van der Waals surface area contributed by atoms with Crippen molar-refractivity contribution in [2.45, 2.75) is 65.3 Å². The highest BCUT2D eigenvalue weighted by Crippen LogP contribution is 2.11. The minimum absolute atomic E-state index is 0.0109. The Kier molecular flexibility index (Phi) is 9.30. The van der Waals surface area contributed by atoms with Crippen LogP contribution in [0.5, 0.6) is 0 Å². The van der Waals surface area contributed by atoms with Crippen LogP contribution in [-0.4, -0.2) is 18.5 Å². The Balaban J connectivity index is 3.78. The molecular formula is C13H28N2O. The molecule has 0 saturated heterocycles. The fourth-order valence-corrected chi connectivity index (χ4v) is 1.76. The van der Waals surface area contributed by atoms with E-state index >= 15 is 0 Å². The van der Waals surface area contributed by atoms with Gasteiger partial charge in [-0.3, -0.25) is 4.79 Å². The lowest BCUT2D eigenvalue weighted by Gasteiger charge is -2.17. The van der Waals surface area contributed by atoms with Crippen molar-refractivity contribution in [3.05, 3.63) is 0 Å². The Bertz CT molecular complexity index is 183. The number of nitrogens with two attached hydrogens (primary N) is 1. The van der Waals surface area contributed by atoms with Gasteiger partial charge in [0.15, 0.2) is 0 Å². The van der Waals surface area contributed by atoms with Crippen molar-refractivity contribution in [1.29, 1.82) is 0 Å². The molecule has 0 radical (unpaired) electrons. The molecule has 3 heteroatoms. The Morgan fingerprint density at radius 2 is 1.88 bits per heavy atom. The topological polar surface area (TPSA) is 55.1 Å². The lowest BCUT2D eigenvalue weighted by Crippen LogP contribution is -2.42. The number of carbonyl (C=O) groups excluding carboxylic acids is 1. The molecule has 0 aliphatic carbocycles. The number of carbonyl (C=O) groups is 1. The van der Waals surface area contributed by atoms with Gasteiger partial charge in [0.1, 0.15) is 0 Å². The monoisotopic (exact) mass is 228 g/mol. The third kappa shape index (κ3) is 6.83. The summed E-state index contributed by atoms with van der Waals surface area (Å²) in [5.74, 6) is 0.620. The highest BCUT2D eigenvalue weighted by Gasteiger charge is 2.13. The van der Waals surface area contributed by atoms with Crippen molar-refractivity contribution in [3.63, 3.8) is 0 Å². The first-order valence-corrected chi connectivity index (χ1v) is 6.68. The van der Waals surface area contributed by atoms with E-state index in [0.717, 1.165) is 25.8 Å². The number of rotatable bonds is 9. The van der Waals surface area contributed by atoms with E-state index in [1.807, 2.05) is 6.92 Å². The number of amides is 1. The van der Waals surface area contributed by atoms with Crippen LogP contribution in [0.2, 0.25) is 0 Å². The van der Waals surface area contributed by atoms with Gasteiger partial charge in [0.05, 0.1) is 6.04 Å². The number of hydrogen-bond donors (Lipinski definition) is 2. The zero-order valence-corrected chi connectivity index (χ0v) is 11.1. The van der Waals surface area contributed by atoms with Crippen molar-refractivity contribution >= 4 is 5.91 Å². The minimum atomic E-state index is -0.325. The second-order valence-corrected chi connectivity index (χ2v) is 4.56. The molecule has 0 saturated carbocycles. The van der Waals surface area contributed by atoms with Gasteiger partial charge < -0.3 is 11.1 Å². The predicted molar refractivity (Wildman–Crippen MR) is 69.2 cm³/mol.